The van der Waals surface area contributed by atoms with Crippen molar-refractivity contribution in [2.24, 2.45) is 11.7 Å². The summed E-state index contributed by atoms with van der Waals surface area (Å²) in [7, 11) is 0. The molecule has 0 unspecified atom stereocenters. The fraction of sp³-hybridized carbons (Fsp3) is 0.560. The van der Waals surface area contributed by atoms with Crippen LogP contribution in [-0.4, -0.2) is 21.7 Å². The number of aliphatic hydroxyl groups is 1. The second kappa shape index (κ2) is 10.6. The summed E-state index contributed by atoms with van der Waals surface area (Å²) in [5.41, 5.74) is 2.56. The molecule has 1 amide bonds. The number of amides is 1. The van der Waals surface area contributed by atoms with Gasteiger partial charge in [-0.3, -0.25) is 4.79 Å². The van der Waals surface area contributed by atoms with E-state index in [0.29, 0.717) is 42.8 Å². The molecule has 10 heteroatoms. The summed E-state index contributed by atoms with van der Waals surface area (Å²) in [5.74, 6) is -0.403. The number of hydrogen-bond donors (Lipinski definition) is 2. The van der Waals surface area contributed by atoms with E-state index in [1.165, 1.54) is 30.8 Å². The molecule has 0 bridgehead atoms. The highest BCUT2D eigenvalue weighted by molar-refractivity contribution is 5.95. The summed E-state index contributed by atoms with van der Waals surface area (Å²) in [6.07, 6.45) is -1.04. The molecule has 1 aromatic carbocycles. The zero-order chi connectivity index (χ0) is 26.0. The van der Waals surface area contributed by atoms with Crippen LogP contribution in [0.5, 0.6) is 0 Å². The zero-order valence-electron chi connectivity index (χ0n) is 19.5. The Morgan fingerprint density at radius 1 is 1.00 bits per heavy atom. The number of nitrogens with zero attached hydrogens (tertiary/aromatic N) is 1. The van der Waals surface area contributed by atoms with Crippen LogP contribution in [0.25, 0.3) is 11.3 Å². The molecular formula is C25H30F6N2O2. The lowest BCUT2D eigenvalue weighted by Crippen LogP contribution is -2.13. The van der Waals surface area contributed by atoms with E-state index in [-0.39, 0.29) is 17.4 Å². The number of aromatic nitrogens is 1. The Kier molecular flexibility index (Phi) is 8.24. The molecule has 0 aliphatic heterocycles. The van der Waals surface area contributed by atoms with E-state index in [9.17, 15) is 31.1 Å². The van der Waals surface area contributed by atoms with Crippen molar-refractivity contribution >= 4 is 5.91 Å². The first-order valence-electron chi connectivity index (χ1n) is 11.8. The lowest BCUT2D eigenvalue weighted by Gasteiger charge is -2.18. The van der Waals surface area contributed by atoms with E-state index in [2.05, 4.69) is 0 Å². The highest BCUT2D eigenvalue weighted by atomic mass is 19.4. The van der Waals surface area contributed by atoms with Gasteiger partial charge >= 0.3 is 12.4 Å². The molecule has 2 aliphatic carbocycles. The first kappa shape index (κ1) is 27.1. The van der Waals surface area contributed by atoms with Gasteiger partial charge in [0.25, 0.3) is 5.91 Å². The van der Waals surface area contributed by atoms with Crippen molar-refractivity contribution < 1.29 is 36.2 Å². The molecule has 2 aromatic rings. The SMILES string of the molecule is Cc1c(C(N)=O)cc(-c2cc(C(F)(F)F)ccc2C(F)(F)F)n1CCC1CC1.OC1CCCCC1. The molecule has 2 saturated carbocycles. The maximum atomic E-state index is 13.5. The van der Waals surface area contributed by atoms with Crippen LogP contribution in [0, 0.1) is 12.8 Å². The highest BCUT2D eigenvalue weighted by Gasteiger charge is 2.38. The van der Waals surface area contributed by atoms with Gasteiger partial charge in [-0.25, -0.2) is 0 Å². The predicted octanol–water partition coefficient (Wildman–Crippen LogP) is 6.71. The summed E-state index contributed by atoms with van der Waals surface area (Å²) in [5, 5.41) is 8.91. The van der Waals surface area contributed by atoms with Crippen molar-refractivity contribution in [1.29, 1.82) is 0 Å². The fourth-order valence-corrected chi connectivity index (χ4v) is 4.38. The molecule has 1 heterocycles. The average Bonchev–Trinajstić information content (AvgIpc) is 3.53. The van der Waals surface area contributed by atoms with Gasteiger partial charge in [0.15, 0.2) is 0 Å². The largest absolute Gasteiger partial charge is 0.417 e. The van der Waals surface area contributed by atoms with Gasteiger partial charge in [0, 0.05) is 23.5 Å². The quantitative estimate of drug-likeness (QED) is 0.445. The summed E-state index contributed by atoms with van der Waals surface area (Å²) < 4.78 is 81.3. The van der Waals surface area contributed by atoms with Gasteiger partial charge < -0.3 is 15.4 Å². The molecular weight excluding hydrogens is 474 g/mol. The summed E-state index contributed by atoms with van der Waals surface area (Å²) in [6.45, 7) is 1.82. The molecule has 35 heavy (non-hydrogen) atoms. The molecule has 2 fully saturated rings. The number of benzene rings is 1. The monoisotopic (exact) mass is 504 g/mol. The van der Waals surface area contributed by atoms with Crippen LogP contribution in [0.15, 0.2) is 24.3 Å². The maximum Gasteiger partial charge on any atom is 0.417 e. The third-order valence-corrected chi connectivity index (χ3v) is 6.59. The van der Waals surface area contributed by atoms with E-state index >= 15 is 0 Å². The minimum Gasteiger partial charge on any atom is -0.393 e. The Bertz CT molecular complexity index is 1030. The van der Waals surface area contributed by atoms with E-state index in [4.69, 9.17) is 10.8 Å². The van der Waals surface area contributed by atoms with Crippen molar-refractivity contribution in [2.45, 2.75) is 83.3 Å². The third kappa shape index (κ3) is 7.02. The maximum absolute atomic E-state index is 13.5. The van der Waals surface area contributed by atoms with Crippen molar-refractivity contribution in [3.05, 3.63) is 46.6 Å². The lowest BCUT2D eigenvalue weighted by molar-refractivity contribution is -0.141. The molecule has 0 radical (unpaired) electrons. The van der Waals surface area contributed by atoms with E-state index in [1.54, 1.807) is 0 Å². The summed E-state index contributed by atoms with van der Waals surface area (Å²) >= 11 is 0. The van der Waals surface area contributed by atoms with Gasteiger partial charge in [0.1, 0.15) is 0 Å². The second-order valence-corrected chi connectivity index (χ2v) is 9.32. The Morgan fingerprint density at radius 2 is 1.63 bits per heavy atom. The minimum atomic E-state index is -4.86. The fourth-order valence-electron chi connectivity index (χ4n) is 4.38. The smallest absolute Gasteiger partial charge is 0.393 e. The molecule has 4 nitrogen and oxygen atoms in total. The normalized spacial score (nSPS) is 17.1. The average molecular weight is 505 g/mol. The van der Waals surface area contributed by atoms with Crippen molar-refractivity contribution in [1.82, 2.24) is 4.57 Å². The number of rotatable bonds is 5. The number of halogens is 6. The van der Waals surface area contributed by atoms with Gasteiger partial charge in [-0.1, -0.05) is 32.1 Å². The molecule has 194 valence electrons. The first-order chi connectivity index (χ1) is 16.3. The molecule has 0 saturated heterocycles. The summed E-state index contributed by atoms with van der Waals surface area (Å²) in [4.78, 5) is 11.7. The van der Waals surface area contributed by atoms with Crippen LogP contribution in [0.1, 0.15) is 78.5 Å². The van der Waals surface area contributed by atoms with Gasteiger partial charge in [-0.2, -0.15) is 26.3 Å². The number of primary amides is 1. The van der Waals surface area contributed by atoms with Crippen LogP contribution in [0.2, 0.25) is 0 Å². The number of aliphatic hydroxyl groups excluding tert-OH is 1. The Morgan fingerprint density at radius 3 is 2.09 bits per heavy atom. The highest BCUT2D eigenvalue weighted by Crippen LogP contribution is 2.42. The van der Waals surface area contributed by atoms with Crippen molar-refractivity contribution in [3.63, 3.8) is 0 Å². The minimum absolute atomic E-state index is 0.00340. The predicted molar refractivity (Wildman–Crippen MR) is 120 cm³/mol. The number of nitrogens with two attached hydrogens (primary N) is 1. The molecule has 0 atom stereocenters. The molecule has 3 N–H and O–H groups in total. The standard InChI is InChI=1S/C19H18F6N2O.C6H12O/c1-10-13(17(26)28)9-16(27(10)7-6-11-2-3-11)14-8-12(18(20,21)22)4-5-15(14)19(23,24)25;7-6-4-2-1-3-5-6/h4-5,8-9,11H,2-3,6-7H2,1H3,(H2,26,28);6-7H,1-5H2. The van der Waals surface area contributed by atoms with Crippen LogP contribution in [0.3, 0.4) is 0 Å². The van der Waals surface area contributed by atoms with Crippen molar-refractivity contribution in [3.8, 4) is 11.3 Å². The number of carbonyl (C=O) groups excluding carboxylic acids is 1. The number of alkyl halides is 6. The van der Waals surface area contributed by atoms with E-state index in [0.717, 1.165) is 31.7 Å². The van der Waals surface area contributed by atoms with Crippen LogP contribution in [0.4, 0.5) is 26.3 Å². The number of hydrogen-bond acceptors (Lipinski definition) is 2. The number of carbonyl (C=O) groups is 1. The molecule has 0 spiro atoms. The second-order valence-electron chi connectivity index (χ2n) is 9.32. The van der Waals surface area contributed by atoms with Gasteiger partial charge in [0.2, 0.25) is 0 Å². The lowest BCUT2D eigenvalue weighted by atomic mass is 9.98. The van der Waals surface area contributed by atoms with Crippen LogP contribution >= 0.6 is 0 Å². The summed E-state index contributed by atoms with van der Waals surface area (Å²) in [6, 6.07) is 2.46. The van der Waals surface area contributed by atoms with Gasteiger partial charge in [-0.05, 0) is 56.4 Å². The van der Waals surface area contributed by atoms with Crippen LogP contribution in [-0.2, 0) is 18.9 Å². The Hall–Kier alpha value is -2.49. The van der Waals surface area contributed by atoms with E-state index in [1.807, 2.05) is 0 Å². The van der Waals surface area contributed by atoms with Crippen LogP contribution < -0.4 is 5.73 Å². The Balaban J connectivity index is 0.000000420. The molecule has 1 aromatic heterocycles. The first-order valence-corrected chi connectivity index (χ1v) is 11.8. The van der Waals surface area contributed by atoms with Gasteiger partial charge in [-0.15, -0.1) is 0 Å². The van der Waals surface area contributed by atoms with Gasteiger partial charge in [0.05, 0.1) is 22.8 Å². The topological polar surface area (TPSA) is 68.2 Å². The van der Waals surface area contributed by atoms with Crippen molar-refractivity contribution in [2.75, 3.05) is 0 Å². The Labute approximate surface area is 200 Å². The zero-order valence-corrected chi connectivity index (χ0v) is 19.5. The van der Waals surface area contributed by atoms with E-state index < -0.39 is 35.0 Å². The third-order valence-electron chi connectivity index (χ3n) is 6.59. The molecule has 2 aliphatic rings. The molecule has 4 rings (SSSR count).